The van der Waals surface area contributed by atoms with E-state index >= 15 is 0 Å². The van der Waals surface area contributed by atoms with E-state index in [-0.39, 0.29) is 17.6 Å². The number of aromatic nitrogens is 2. The minimum absolute atomic E-state index is 0.0201. The third kappa shape index (κ3) is 3.71. The van der Waals surface area contributed by atoms with E-state index in [0.29, 0.717) is 13.0 Å². The summed E-state index contributed by atoms with van der Waals surface area (Å²) in [5, 5.41) is 5.18. The Kier molecular flexibility index (Phi) is 5.02. The Morgan fingerprint density at radius 3 is 2.69 bits per heavy atom. The van der Waals surface area contributed by atoms with E-state index in [4.69, 9.17) is 4.98 Å². The highest BCUT2D eigenvalue weighted by molar-refractivity contribution is 6.06. The summed E-state index contributed by atoms with van der Waals surface area (Å²) in [6.45, 7) is 0.537. The zero-order chi connectivity index (χ0) is 24.1. The molecule has 0 unspecified atom stereocenters. The van der Waals surface area contributed by atoms with Crippen LogP contribution < -0.4 is 10.2 Å². The molecule has 1 aliphatic heterocycles. The topological polar surface area (TPSA) is 50.2 Å². The van der Waals surface area contributed by atoms with E-state index in [1.165, 1.54) is 6.07 Å². The zero-order valence-corrected chi connectivity index (χ0v) is 19.6. The first-order valence-corrected chi connectivity index (χ1v) is 11.7. The number of fused-ring (bicyclic) bond motifs is 1. The third-order valence-corrected chi connectivity index (χ3v) is 6.75. The van der Waals surface area contributed by atoms with Crippen LogP contribution in [0.25, 0.3) is 21.8 Å². The number of nitrogens with zero attached hydrogens (tertiary/aromatic N) is 3. The number of rotatable bonds is 4. The molecule has 1 atom stereocenters. The Hall–Kier alpha value is -4.19. The normalized spacial score (nSPS) is 15.3. The van der Waals surface area contributed by atoms with Gasteiger partial charge in [-0.15, -0.1) is 0 Å². The smallest absolute Gasteiger partial charge is 0.225 e. The van der Waals surface area contributed by atoms with Gasteiger partial charge in [-0.3, -0.25) is 4.79 Å². The number of para-hydroxylation sites is 1. The van der Waals surface area contributed by atoms with Crippen LogP contribution in [0.2, 0.25) is 0 Å². The first kappa shape index (κ1) is 21.4. The maximum absolute atomic E-state index is 13.9. The highest BCUT2D eigenvalue weighted by Crippen LogP contribution is 2.43. The number of anilines is 2. The molecular weight excluding hydrogens is 439 g/mol. The molecule has 0 spiro atoms. The quantitative estimate of drug-likeness (QED) is 0.359. The van der Waals surface area contributed by atoms with Crippen LogP contribution in [0.5, 0.6) is 0 Å². The van der Waals surface area contributed by atoms with Gasteiger partial charge in [-0.25, -0.2) is 9.37 Å². The van der Waals surface area contributed by atoms with E-state index in [1.807, 2.05) is 55.4 Å². The molecule has 3 heterocycles. The summed E-state index contributed by atoms with van der Waals surface area (Å²) in [5.74, 6) is 0.411. The maximum Gasteiger partial charge on any atom is 0.225 e. The molecule has 0 aliphatic carbocycles. The molecule has 3 aromatic carbocycles. The highest BCUT2D eigenvalue weighted by Gasteiger charge is 2.30. The van der Waals surface area contributed by atoms with Crippen molar-refractivity contribution < 1.29 is 9.18 Å². The lowest BCUT2D eigenvalue weighted by Crippen LogP contribution is -2.18. The summed E-state index contributed by atoms with van der Waals surface area (Å²) >= 11 is 0. The second kappa shape index (κ2) is 8.24. The number of carbonyl (C=O) groups is 1. The fraction of sp³-hybridized carbons (Fsp3) is 0.172. The molecule has 1 amide bonds. The largest absolute Gasteiger partial charge is 0.362 e. The number of hydrogen-bond acceptors (Lipinski definition) is 3. The zero-order valence-electron chi connectivity index (χ0n) is 19.6. The van der Waals surface area contributed by atoms with Crippen molar-refractivity contribution in [1.82, 2.24) is 9.55 Å². The second-order valence-electron chi connectivity index (χ2n) is 9.34. The molecule has 5 aromatic rings. The first-order valence-electron chi connectivity index (χ1n) is 11.7. The van der Waals surface area contributed by atoms with Gasteiger partial charge in [-0.05, 0) is 47.5 Å². The molecule has 2 aromatic heterocycles. The van der Waals surface area contributed by atoms with Crippen LogP contribution in [0.3, 0.4) is 0 Å². The van der Waals surface area contributed by atoms with Crippen molar-refractivity contribution in [3.05, 3.63) is 102 Å². The summed E-state index contributed by atoms with van der Waals surface area (Å²) in [6, 6.07) is 22.9. The van der Waals surface area contributed by atoms with Crippen LogP contribution in [0.15, 0.2) is 79.0 Å². The Morgan fingerprint density at radius 1 is 1.03 bits per heavy atom. The molecule has 0 saturated heterocycles. The van der Waals surface area contributed by atoms with Gasteiger partial charge in [-0.2, -0.15) is 0 Å². The molecule has 35 heavy (non-hydrogen) atoms. The van der Waals surface area contributed by atoms with Gasteiger partial charge in [0.2, 0.25) is 5.91 Å². The maximum atomic E-state index is 13.9. The van der Waals surface area contributed by atoms with Gasteiger partial charge in [0.05, 0.1) is 16.7 Å². The summed E-state index contributed by atoms with van der Waals surface area (Å²) in [5.41, 5.74) is 5.72. The van der Waals surface area contributed by atoms with Crippen LogP contribution >= 0.6 is 0 Å². The van der Waals surface area contributed by atoms with Crippen molar-refractivity contribution in [1.29, 1.82) is 0 Å². The molecule has 0 fully saturated rings. The lowest BCUT2D eigenvalue weighted by atomic mass is 9.88. The van der Waals surface area contributed by atoms with Crippen LogP contribution in [-0.2, 0) is 11.3 Å². The summed E-state index contributed by atoms with van der Waals surface area (Å²) in [4.78, 5) is 20.0. The molecule has 1 aliphatic rings. The number of nitrogens with one attached hydrogen (secondary N) is 1. The van der Waals surface area contributed by atoms with E-state index in [2.05, 4.69) is 34.3 Å². The predicted octanol–water partition coefficient (Wildman–Crippen LogP) is 5.92. The number of benzene rings is 3. The van der Waals surface area contributed by atoms with Crippen molar-refractivity contribution in [2.75, 3.05) is 24.3 Å². The van der Waals surface area contributed by atoms with Gasteiger partial charge in [0.25, 0.3) is 0 Å². The lowest BCUT2D eigenvalue weighted by Gasteiger charge is -2.23. The minimum atomic E-state index is -0.246. The Bertz CT molecular complexity index is 1600. The van der Waals surface area contributed by atoms with Crippen LogP contribution in [0.4, 0.5) is 15.9 Å². The fourth-order valence-corrected chi connectivity index (χ4v) is 5.23. The van der Waals surface area contributed by atoms with Crippen molar-refractivity contribution in [3.63, 3.8) is 0 Å². The Balaban J connectivity index is 1.58. The van der Waals surface area contributed by atoms with Gasteiger partial charge in [0.15, 0.2) is 0 Å². The monoisotopic (exact) mass is 464 g/mol. The molecule has 174 valence electrons. The first-order chi connectivity index (χ1) is 17.0. The number of carbonyl (C=O) groups excluding carboxylic acids is 1. The van der Waals surface area contributed by atoms with Gasteiger partial charge >= 0.3 is 0 Å². The Labute approximate surface area is 202 Å². The number of halogens is 1. The van der Waals surface area contributed by atoms with Crippen molar-refractivity contribution in [2.24, 2.45) is 0 Å². The van der Waals surface area contributed by atoms with Crippen LogP contribution in [-0.4, -0.2) is 29.6 Å². The van der Waals surface area contributed by atoms with Crippen molar-refractivity contribution >= 4 is 39.2 Å². The van der Waals surface area contributed by atoms with Crippen molar-refractivity contribution in [3.8, 4) is 0 Å². The van der Waals surface area contributed by atoms with Gasteiger partial charge in [-0.1, -0.05) is 36.4 Å². The average Bonchev–Trinajstić information content (AvgIpc) is 3.13. The molecular formula is C29H25FN4O. The minimum Gasteiger partial charge on any atom is -0.362 e. The predicted molar refractivity (Wildman–Crippen MR) is 139 cm³/mol. The molecule has 0 radical (unpaired) electrons. The molecule has 5 nitrogen and oxygen atoms in total. The fourth-order valence-electron chi connectivity index (χ4n) is 5.23. The summed E-state index contributed by atoms with van der Waals surface area (Å²) in [7, 11) is 3.96. The van der Waals surface area contributed by atoms with Crippen LogP contribution in [0.1, 0.15) is 29.0 Å². The number of hydrogen-bond donors (Lipinski definition) is 1. The Morgan fingerprint density at radius 2 is 1.86 bits per heavy atom. The van der Waals surface area contributed by atoms with Gasteiger partial charge in [0.1, 0.15) is 11.6 Å². The molecule has 1 N–H and O–H groups in total. The molecule has 6 rings (SSSR count). The SMILES string of the molecule is CN(C)c1nc2ccccc2cc1[C@@H]1CC(=O)Nc2cccc3c2c1cn3Cc1cccc(F)c1. The third-order valence-electron chi connectivity index (χ3n) is 6.75. The average molecular weight is 465 g/mol. The van der Waals surface area contributed by atoms with E-state index < -0.39 is 0 Å². The van der Waals surface area contributed by atoms with E-state index in [9.17, 15) is 9.18 Å². The van der Waals surface area contributed by atoms with Crippen LogP contribution in [0, 0.1) is 5.82 Å². The van der Waals surface area contributed by atoms with Gasteiger partial charge in [0, 0.05) is 55.5 Å². The standard InChI is InChI=1S/C29H25FN4O/c1-33(2)29-22(14-19-8-3-4-10-24(19)32-29)21-15-27(35)31-25-11-6-12-26-28(25)23(21)17-34(26)16-18-7-5-9-20(30)13-18/h3-14,17,21H,15-16H2,1-2H3,(H,31,35)/t21-/m0/s1. The van der Waals surface area contributed by atoms with E-state index in [1.54, 1.807) is 12.1 Å². The number of pyridine rings is 1. The lowest BCUT2D eigenvalue weighted by molar-refractivity contribution is -0.116. The number of amides is 1. The highest BCUT2D eigenvalue weighted by atomic mass is 19.1. The molecule has 0 saturated carbocycles. The second-order valence-corrected chi connectivity index (χ2v) is 9.34. The van der Waals surface area contributed by atoms with Gasteiger partial charge < -0.3 is 14.8 Å². The van der Waals surface area contributed by atoms with Crippen molar-refractivity contribution in [2.45, 2.75) is 18.9 Å². The molecule has 6 heteroatoms. The summed E-state index contributed by atoms with van der Waals surface area (Å²) < 4.78 is 16.0. The van der Waals surface area contributed by atoms with E-state index in [0.717, 1.165) is 50.0 Å². The molecule has 0 bridgehead atoms. The summed E-state index contributed by atoms with van der Waals surface area (Å²) in [6.07, 6.45) is 2.44.